The third-order valence-corrected chi connectivity index (χ3v) is 7.53. The normalized spacial score (nSPS) is 17.7. The molecule has 7 nitrogen and oxygen atoms in total. The van der Waals surface area contributed by atoms with E-state index in [0.717, 1.165) is 17.5 Å². The molecule has 0 N–H and O–H groups in total. The fraction of sp³-hybridized carbons (Fsp3) is 0.375. The van der Waals surface area contributed by atoms with Crippen molar-refractivity contribution in [3.63, 3.8) is 0 Å². The van der Waals surface area contributed by atoms with Crippen molar-refractivity contribution in [1.29, 1.82) is 0 Å². The van der Waals surface area contributed by atoms with Crippen LogP contribution in [0.4, 0.5) is 0 Å². The lowest BCUT2D eigenvalue weighted by Gasteiger charge is -2.21. The summed E-state index contributed by atoms with van der Waals surface area (Å²) in [6.45, 7) is 4.71. The van der Waals surface area contributed by atoms with Crippen molar-refractivity contribution >= 4 is 22.0 Å². The van der Waals surface area contributed by atoms with Crippen LogP contribution in [0, 0.1) is 6.92 Å². The minimum atomic E-state index is -3.57. The van der Waals surface area contributed by atoms with Crippen LogP contribution >= 0.6 is 0 Å². The number of ether oxygens (including phenoxy) is 2. The standard InChI is InChI=1S/C24H28N2O5S/c1-19-4-8-21(9-5-19)32(28,29)26-13-2-12-25(14-15-26)24(27)11-7-20-6-10-22-23(18-20)31-17-3-16-30-22/h4-11,18H,2-3,12-17H2,1H3. The van der Waals surface area contributed by atoms with Crippen LogP contribution in [0.1, 0.15) is 24.0 Å². The van der Waals surface area contributed by atoms with Gasteiger partial charge in [-0.05, 0) is 49.2 Å². The molecule has 2 aromatic rings. The van der Waals surface area contributed by atoms with Crippen LogP contribution in [-0.4, -0.2) is 62.9 Å². The van der Waals surface area contributed by atoms with Crippen molar-refractivity contribution in [3.05, 3.63) is 59.7 Å². The molecule has 1 fully saturated rings. The lowest BCUT2D eigenvalue weighted by Crippen LogP contribution is -2.36. The fourth-order valence-electron chi connectivity index (χ4n) is 3.77. The van der Waals surface area contributed by atoms with Crippen molar-refractivity contribution in [2.75, 3.05) is 39.4 Å². The average Bonchev–Trinajstić information content (AvgIpc) is 3.18. The van der Waals surface area contributed by atoms with Crippen LogP contribution in [0.2, 0.25) is 0 Å². The monoisotopic (exact) mass is 456 g/mol. The molecule has 8 heteroatoms. The maximum Gasteiger partial charge on any atom is 0.246 e. The van der Waals surface area contributed by atoms with E-state index in [9.17, 15) is 13.2 Å². The van der Waals surface area contributed by atoms with Gasteiger partial charge in [-0.2, -0.15) is 4.31 Å². The molecule has 2 aromatic carbocycles. The van der Waals surface area contributed by atoms with E-state index in [1.165, 1.54) is 10.4 Å². The summed E-state index contributed by atoms with van der Waals surface area (Å²) in [4.78, 5) is 14.7. The van der Waals surface area contributed by atoms with Crippen LogP contribution < -0.4 is 9.47 Å². The molecular weight excluding hydrogens is 428 g/mol. The Hall–Kier alpha value is -2.84. The molecule has 0 radical (unpaired) electrons. The van der Waals surface area contributed by atoms with Crippen LogP contribution in [0.5, 0.6) is 11.5 Å². The molecule has 4 rings (SSSR count). The van der Waals surface area contributed by atoms with Gasteiger partial charge >= 0.3 is 0 Å². The fourth-order valence-corrected chi connectivity index (χ4v) is 5.24. The van der Waals surface area contributed by atoms with Gasteiger partial charge in [0.15, 0.2) is 11.5 Å². The van der Waals surface area contributed by atoms with E-state index in [4.69, 9.17) is 9.47 Å². The second-order valence-corrected chi connectivity index (χ2v) is 9.92. The highest BCUT2D eigenvalue weighted by atomic mass is 32.2. The topological polar surface area (TPSA) is 76.2 Å². The Morgan fingerprint density at radius 3 is 2.44 bits per heavy atom. The minimum absolute atomic E-state index is 0.133. The van der Waals surface area contributed by atoms with Crippen molar-refractivity contribution < 1.29 is 22.7 Å². The number of carbonyl (C=O) groups excluding carboxylic acids is 1. The number of hydrogen-bond acceptors (Lipinski definition) is 5. The summed E-state index contributed by atoms with van der Waals surface area (Å²) in [5.74, 6) is 1.27. The third kappa shape index (κ3) is 5.14. The smallest absolute Gasteiger partial charge is 0.246 e. The first kappa shape index (κ1) is 22.4. The van der Waals surface area contributed by atoms with E-state index in [-0.39, 0.29) is 17.3 Å². The van der Waals surface area contributed by atoms with Crippen molar-refractivity contribution in [2.24, 2.45) is 0 Å². The van der Waals surface area contributed by atoms with Crippen LogP contribution in [0.15, 0.2) is 53.4 Å². The Morgan fingerprint density at radius 1 is 0.906 bits per heavy atom. The van der Waals surface area contributed by atoms with E-state index in [0.29, 0.717) is 50.8 Å². The number of fused-ring (bicyclic) bond motifs is 1. The van der Waals surface area contributed by atoms with Gasteiger partial charge in [0, 0.05) is 38.7 Å². The molecular formula is C24H28N2O5S. The Labute approximate surface area is 189 Å². The lowest BCUT2D eigenvalue weighted by atomic mass is 10.2. The van der Waals surface area contributed by atoms with Gasteiger partial charge in [0.05, 0.1) is 18.1 Å². The highest BCUT2D eigenvalue weighted by Gasteiger charge is 2.27. The molecule has 0 spiro atoms. The van der Waals surface area contributed by atoms with Crippen LogP contribution in [0.25, 0.3) is 6.08 Å². The molecule has 170 valence electrons. The van der Waals surface area contributed by atoms with Crippen molar-refractivity contribution in [1.82, 2.24) is 9.21 Å². The predicted octanol–water partition coefficient (Wildman–Crippen LogP) is 3.09. The Balaban J connectivity index is 1.39. The van der Waals surface area contributed by atoms with Crippen LogP contribution in [0.3, 0.4) is 0 Å². The summed E-state index contributed by atoms with van der Waals surface area (Å²) in [6.07, 6.45) is 4.71. The maximum absolute atomic E-state index is 13.0. The van der Waals surface area contributed by atoms with Gasteiger partial charge in [0.2, 0.25) is 15.9 Å². The summed E-state index contributed by atoms with van der Waals surface area (Å²) in [6, 6.07) is 12.5. The molecule has 0 bridgehead atoms. The Morgan fingerprint density at radius 2 is 1.66 bits per heavy atom. The van der Waals surface area contributed by atoms with Crippen molar-refractivity contribution in [3.8, 4) is 11.5 Å². The molecule has 0 aliphatic carbocycles. The zero-order valence-electron chi connectivity index (χ0n) is 18.2. The summed E-state index contributed by atoms with van der Waals surface area (Å²) < 4.78 is 38.7. The highest BCUT2D eigenvalue weighted by Crippen LogP contribution is 2.30. The van der Waals surface area contributed by atoms with Gasteiger partial charge in [0.25, 0.3) is 0 Å². The minimum Gasteiger partial charge on any atom is -0.490 e. The summed E-state index contributed by atoms with van der Waals surface area (Å²) in [5.41, 5.74) is 1.86. The number of carbonyl (C=O) groups is 1. The number of nitrogens with zero attached hydrogens (tertiary/aromatic N) is 2. The zero-order valence-corrected chi connectivity index (χ0v) is 19.0. The van der Waals surface area contributed by atoms with Gasteiger partial charge in [-0.1, -0.05) is 23.8 Å². The summed E-state index contributed by atoms with van der Waals surface area (Å²) in [5, 5.41) is 0. The average molecular weight is 457 g/mol. The zero-order chi connectivity index (χ0) is 22.6. The number of sulfonamides is 1. The lowest BCUT2D eigenvalue weighted by molar-refractivity contribution is -0.125. The quantitative estimate of drug-likeness (QED) is 0.661. The van der Waals surface area contributed by atoms with Gasteiger partial charge in [-0.25, -0.2) is 8.42 Å². The molecule has 0 saturated carbocycles. The molecule has 0 aromatic heterocycles. The molecule has 0 atom stereocenters. The van der Waals surface area contributed by atoms with E-state index in [1.807, 2.05) is 25.1 Å². The third-order valence-electron chi connectivity index (χ3n) is 5.62. The molecule has 0 unspecified atom stereocenters. The molecule has 32 heavy (non-hydrogen) atoms. The molecule has 1 saturated heterocycles. The second-order valence-electron chi connectivity index (χ2n) is 7.99. The predicted molar refractivity (Wildman–Crippen MR) is 122 cm³/mol. The van der Waals surface area contributed by atoms with E-state index in [2.05, 4.69) is 0 Å². The van der Waals surface area contributed by atoms with E-state index in [1.54, 1.807) is 35.2 Å². The van der Waals surface area contributed by atoms with Gasteiger partial charge in [0.1, 0.15) is 0 Å². The highest BCUT2D eigenvalue weighted by molar-refractivity contribution is 7.89. The number of aryl methyl sites for hydroxylation is 1. The van der Waals surface area contributed by atoms with Crippen LogP contribution in [-0.2, 0) is 14.8 Å². The largest absolute Gasteiger partial charge is 0.490 e. The molecule has 1 amide bonds. The first-order valence-corrected chi connectivity index (χ1v) is 12.3. The van der Waals surface area contributed by atoms with E-state index >= 15 is 0 Å². The maximum atomic E-state index is 13.0. The molecule has 2 heterocycles. The van der Waals surface area contributed by atoms with Gasteiger partial charge in [-0.3, -0.25) is 4.79 Å². The Bertz CT molecular complexity index is 1100. The van der Waals surface area contributed by atoms with E-state index < -0.39 is 10.0 Å². The number of benzene rings is 2. The second kappa shape index (κ2) is 9.75. The number of hydrogen-bond donors (Lipinski definition) is 0. The summed E-state index contributed by atoms with van der Waals surface area (Å²) in [7, 11) is -3.57. The van der Waals surface area contributed by atoms with Gasteiger partial charge < -0.3 is 14.4 Å². The first-order chi connectivity index (χ1) is 15.4. The molecule has 2 aliphatic heterocycles. The Kier molecular flexibility index (Phi) is 6.81. The number of rotatable bonds is 4. The van der Waals surface area contributed by atoms with Gasteiger partial charge in [-0.15, -0.1) is 0 Å². The first-order valence-electron chi connectivity index (χ1n) is 10.9. The van der Waals surface area contributed by atoms with Crippen molar-refractivity contribution in [2.45, 2.75) is 24.7 Å². The summed E-state index contributed by atoms with van der Waals surface area (Å²) >= 11 is 0. The SMILES string of the molecule is Cc1ccc(S(=O)(=O)N2CCCN(C(=O)C=Cc3ccc4c(c3)OCCCO4)CC2)cc1. The molecule has 2 aliphatic rings. The number of amides is 1.